The summed E-state index contributed by atoms with van der Waals surface area (Å²) in [6, 6.07) is 13.2. The molecule has 0 spiro atoms. The van der Waals surface area contributed by atoms with Gasteiger partial charge in [0.2, 0.25) is 0 Å². The van der Waals surface area contributed by atoms with Crippen LogP contribution in [0, 0.1) is 6.92 Å². The molecule has 0 bridgehead atoms. The number of aliphatic hydroxyl groups is 1. The van der Waals surface area contributed by atoms with Crippen LogP contribution in [-0.4, -0.2) is 36.5 Å². The lowest BCUT2D eigenvalue weighted by atomic mass is 10.1. The van der Waals surface area contributed by atoms with Crippen LogP contribution in [0.1, 0.15) is 27.7 Å². The van der Waals surface area contributed by atoms with E-state index in [0.29, 0.717) is 11.1 Å². The number of benzene rings is 2. The summed E-state index contributed by atoms with van der Waals surface area (Å²) in [5.41, 5.74) is 1.89. The topological polar surface area (TPSA) is 90.0 Å². The van der Waals surface area contributed by atoms with Crippen LogP contribution in [0.3, 0.4) is 0 Å². The van der Waals surface area contributed by atoms with Crippen LogP contribution in [0.2, 0.25) is 0 Å². The third-order valence-corrected chi connectivity index (χ3v) is 5.43. The van der Waals surface area contributed by atoms with Crippen LogP contribution < -0.4 is 4.72 Å². The van der Waals surface area contributed by atoms with Crippen LogP contribution in [0.15, 0.2) is 65.8 Å². The van der Waals surface area contributed by atoms with Gasteiger partial charge in [-0.25, -0.2) is 13.4 Å². The van der Waals surface area contributed by atoms with E-state index in [1.54, 1.807) is 43.4 Å². The Balaban J connectivity index is 1.71. The first-order valence-electron chi connectivity index (χ1n) is 7.90. The van der Waals surface area contributed by atoms with E-state index in [1.165, 1.54) is 29.5 Å². The Kier molecular flexibility index (Phi) is 4.71. The van der Waals surface area contributed by atoms with E-state index in [9.17, 15) is 18.3 Å². The zero-order chi connectivity index (χ0) is 18.9. The quantitative estimate of drug-likeness (QED) is 0.833. The summed E-state index contributed by atoms with van der Waals surface area (Å²) in [5, 5.41) is 12.8. The molecule has 136 valence electrons. The van der Waals surface area contributed by atoms with Crippen LogP contribution in [0.25, 0.3) is 0 Å². The molecule has 7 nitrogen and oxygen atoms in total. The van der Waals surface area contributed by atoms with E-state index in [2.05, 4.69) is 4.72 Å². The Labute approximate surface area is 152 Å². The van der Waals surface area contributed by atoms with Crippen LogP contribution >= 0.6 is 0 Å². The van der Waals surface area contributed by atoms with Gasteiger partial charge >= 0.3 is 0 Å². The lowest BCUT2D eigenvalue weighted by molar-refractivity contribution is -0.0669. The maximum atomic E-state index is 12.4. The predicted octanol–water partition coefficient (Wildman–Crippen LogP) is 1.74. The molecule has 8 heteroatoms. The number of fused-ring (bicyclic) bond motifs is 1. The number of aryl methyl sites for hydroxylation is 1. The van der Waals surface area contributed by atoms with Crippen molar-refractivity contribution in [1.29, 1.82) is 0 Å². The SMILES string of the molecule is Cc1ccc(S(=O)(=O)N/C=C\N(C)N2C(=O)c3ccccc3C2O)cc1. The van der Waals surface area contributed by atoms with Crippen LogP contribution in [-0.2, 0) is 10.0 Å². The average Bonchev–Trinajstić information content (AvgIpc) is 2.86. The number of hydrazine groups is 1. The molecule has 0 fully saturated rings. The first kappa shape index (κ1) is 18.0. The van der Waals surface area contributed by atoms with Gasteiger partial charge in [0, 0.05) is 30.6 Å². The average molecular weight is 373 g/mol. The van der Waals surface area contributed by atoms with Gasteiger partial charge in [-0.15, -0.1) is 0 Å². The van der Waals surface area contributed by atoms with Crippen molar-refractivity contribution in [1.82, 2.24) is 14.7 Å². The summed E-state index contributed by atoms with van der Waals surface area (Å²) in [6.07, 6.45) is 1.44. The van der Waals surface area contributed by atoms with E-state index in [0.717, 1.165) is 10.6 Å². The number of aliphatic hydroxyl groups excluding tert-OH is 1. The number of hydrogen-bond acceptors (Lipinski definition) is 5. The Morgan fingerprint density at radius 3 is 2.46 bits per heavy atom. The highest BCUT2D eigenvalue weighted by molar-refractivity contribution is 7.89. The third kappa shape index (κ3) is 3.29. The van der Waals surface area contributed by atoms with Gasteiger partial charge in [-0.1, -0.05) is 35.9 Å². The largest absolute Gasteiger partial charge is 0.368 e. The van der Waals surface area contributed by atoms with E-state index in [4.69, 9.17) is 0 Å². The maximum absolute atomic E-state index is 12.4. The second-order valence-electron chi connectivity index (χ2n) is 5.93. The fraction of sp³-hybridized carbons (Fsp3) is 0.167. The Hall–Kier alpha value is -2.84. The monoisotopic (exact) mass is 373 g/mol. The van der Waals surface area contributed by atoms with Gasteiger partial charge in [0.1, 0.15) is 0 Å². The lowest BCUT2D eigenvalue weighted by Crippen LogP contribution is -2.39. The minimum Gasteiger partial charge on any atom is -0.368 e. The standard InChI is InChI=1S/C18H19N3O4S/c1-13-7-9-14(10-8-13)26(24,25)19-11-12-20(2)21-17(22)15-5-3-4-6-16(15)18(21)23/h3-12,17,19,22H,1-2H3/b12-11-. The van der Waals surface area contributed by atoms with Gasteiger partial charge in [-0.05, 0) is 25.1 Å². The van der Waals surface area contributed by atoms with Crippen molar-refractivity contribution in [2.24, 2.45) is 0 Å². The third-order valence-electron chi connectivity index (χ3n) is 4.09. The minimum absolute atomic E-state index is 0.139. The van der Waals surface area contributed by atoms with Crippen LogP contribution in [0.5, 0.6) is 0 Å². The Morgan fingerprint density at radius 2 is 1.81 bits per heavy atom. The van der Waals surface area contributed by atoms with Crippen molar-refractivity contribution in [3.63, 3.8) is 0 Å². The molecule has 2 aromatic carbocycles. The van der Waals surface area contributed by atoms with Crippen molar-refractivity contribution in [3.05, 3.63) is 77.6 Å². The molecule has 1 aliphatic rings. The molecular formula is C18H19N3O4S. The van der Waals surface area contributed by atoms with Gasteiger partial charge in [-0.2, -0.15) is 0 Å². The van der Waals surface area contributed by atoms with E-state index in [1.807, 2.05) is 6.92 Å². The molecule has 26 heavy (non-hydrogen) atoms. The molecule has 1 atom stereocenters. The summed E-state index contributed by atoms with van der Waals surface area (Å²) in [4.78, 5) is 12.6. The molecule has 0 aromatic heterocycles. The molecule has 1 aliphatic heterocycles. The number of hydrogen-bond donors (Lipinski definition) is 2. The van der Waals surface area contributed by atoms with Crippen molar-refractivity contribution < 1.29 is 18.3 Å². The van der Waals surface area contributed by atoms with Gasteiger partial charge in [0.25, 0.3) is 15.9 Å². The first-order chi connectivity index (χ1) is 12.3. The number of carbonyl (C=O) groups excluding carboxylic acids is 1. The highest BCUT2D eigenvalue weighted by atomic mass is 32.2. The summed E-state index contributed by atoms with van der Waals surface area (Å²) in [6.45, 7) is 1.87. The van der Waals surface area contributed by atoms with Gasteiger partial charge in [0.15, 0.2) is 6.23 Å². The molecule has 0 saturated carbocycles. The second kappa shape index (κ2) is 6.81. The molecule has 0 aliphatic carbocycles. The van der Waals surface area contributed by atoms with Gasteiger partial charge in [0.05, 0.1) is 4.90 Å². The predicted molar refractivity (Wildman–Crippen MR) is 96.0 cm³/mol. The number of rotatable bonds is 5. The molecule has 0 radical (unpaired) electrons. The zero-order valence-corrected chi connectivity index (χ0v) is 15.1. The Bertz CT molecular complexity index is 955. The molecular weight excluding hydrogens is 354 g/mol. The van der Waals surface area contributed by atoms with Crippen molar-refractivity contribution in [3.8, 4) is 0 Å². The number of carbonyl (C=O) groups is 1. The molecule has 1 amide bonds. The number of sulfonamides is 1. The maximum Gasteiger partial charge on any atom is 0.275 e. The normalized spacial score (nSPS) is 16.8. The highest BCUT2D eigenvalue weighted by Crippen LogP contribution is 2.32. The summed E-state index contributed by atoms with van der Waals surface area (Å²) >= 11 is 0. The van der Waals surface area contributed by atoms with Crippen molar-refractivity contribution in [2.75, 3.05) is 7.05 Å². The smallest absolute Gasteiger partial charge is 0.275 e. The van der Waals surface area contributed by atoms with Gasteiger partial charge in [-0.3, -0.25) is 14.5 Å². The second-order valence-corrected chi connectivity index (χ2v) is 7.65. The molecule has 2 aromatic rings. The summed E-state index contributed by atoms with van der Waals surface area (Å²) in [7, 11) is -2.16. The van der Waals surface area contributed by atoms with Crippen molar-refractivity contribution >= 4 is 15.9 Å². The molecule has 0 saturated heterocycles. The first-order valence-corrected chi connectivity index (χ1v) is 9.38. The van der Waals surface area contributed by atoms with Crippen LogP contribution in [0.4, 0.5) is 0 Å². The summed E-state index contributed by atoms with van der Waals surface area (Å²) in [5.74, 6) is -0.360. The Morgan fingerprint density at radius 1 is 1.15 bits per heavy atom. The van der Waals surface area contributed by atoms with E-state index < -0.39 is 16.3 Å². The fourth-order valence-corrected chi connectivity index (χ4v) is 3.55. The number of nitrogens with one attached hydrogen (secondary N) is 1. The van der Waals surface area contributed by atoms with E-state index in [-0.39, 0.29) is 10.8 Å². The van der Waals surface area contributed by atoms with Gasteiger partial charge < -0.3 is 5.11 Å². The van der Waals surface area contributed by atoms with Crippen molar-refractivity contribution in [2.45, 2.75) is 18.0 Å². The highest BCUT2D eigenvalue weighted by Gasteiger charge is 2.37. The molecule has 3 rings (SSSR count). The number of amides is 1. The molecule has 1 unspecified atom stereocenters. The van der Waals surface area contributed by atoms with E-state index >= 15 is 0 Å². The molecule has 1 heterocycles. The fourth-order valence-electron chi connectivity index (χ4n) is 2.68. The molecule has 2 N–H and O–H groups in total. The lowest BCUT2D eigenvalue weighted by Gasteiger charge is -2.29. The minimum atomic E-state index is -3.71. The number of nitrogens with zero attached hydrogens (tertiary/aromatic N) is 2. The zero-order valence-electron chi connectivity index (χ0n) is 14.3. The summed E-state index contributed by atoms with van der Waals surface area (Å²) < 4.78 is 26.8.